The van der Waals surface area contributed by atoms with E-state index < -0.39 is 0 Å². The van der Waals surface area contributed by atoms with E-state index in [1.54, 1.807) is 0 Å². The van der Waals surface area contributed by atoms with Crippen molar-refractivity contribution in [1.29, 1.82) is 0 Å². The molecule has 0 saturated carbocycles. The van der Waals surface area contributed by atoms with Gasteiger partial charge in [0.15, 0.2) is 0 Å². The van der Waals surface area contributed by atoms with Crippen LogP contribution in [0.5, 0.6) is 0 Å². The molecule has 0 fully saturated rings. The monoisotopic (exact) mass is 747 g/mol. The summed E-state index contributed by atoms with van der Waals surface area (Å²) in [5.74, 6) is 0.401. The standard InChI is InChI=1S/C55H45N3/c1-39-48(29-17-30-49(39)51-28-14-15-31-53(51)56-45-23-10-4-11-24-45)43-33-35-54(58-47-27-16-22-42(36-47)40-18-6-2-7-19-40)52(37-43)44-32-34-50(41-20-8-3-9-21-41)55(38-44)57-46-25-12-5-13-26-46/h2-39,48,56-58H,1H3. The Kier molecular flexibility index (Phi) is 10.5. The van der Waals surface area contributed by atoms with Crippen molar-refractivity contribution in [3.63, 3.8) is 0 Å². The fourth-order valence-electron chi connectivity index (χ4n) is 8.09. The maximum atomic E-state index is 3.85. The van der Waals surface area contributed by atoms with Crippen LogP contribution in [0.2, 0.25) is 0 Å². The van der Waals surface area contributed by atoms with Crippen LogP contribution in [0.3, 0.4) is 0 Å². The van der Waals surface area contributed by atoms with Gasteiger partial charge in [-0.3, -0.25) is 0 Å². The van der Waals surface area contributed by atoms with Crippen LogP contribution >= 0.6 is 0 Å². The zero-order valence-corrected chi connectivity index (χ0v) is 32.5. The summed E-state index contributed by atoms with van der Waals surface area (Å²) in [7, 11) is 0. The van der Waals surface area contributed by atoms with Crippen LogP contribution in [0.25, 0.3) is 39.0 Å². The Balaban J connectivity index is 1.12. The van der Waals surface area contributed by atoms with Crippen LogP contribution in [0.4, 0.5) is 34.1 Å². The molecule has 3 heteroatoms. The quantitative estimate of drug-likeness (QED) is 0.123. The molecular weight excluding hydrogens is 703 g/mol. The second-order valence-electron chi connectivity index (χ2n) is 14.9. The van der Waals surface area contributed by atoms with E-state index in [9.17, 15) is 0 Å². The Labute approximate surface area is 342 Å². The Morgan fingerprint density at radius 3 is 1.66 bits per heavy atom. The van der Waals surface area contributed by atoms with Crippen molar-refractivity contribution in [3.8, 4) is 33.4 Å². The van der Waals surface area contributed by atoms with Crippen molar-refractivity contribution in [3.05, 3.63) is 236 Å². The molecule has 0 spiro atoms. The van der Waals surface area contributed by atoms with Crippen molar-refractivity contribution in [2.45, 2.75) is 12.8 Å². The molecule has 58 heavy (non-hydrogen) atoms. The van der Waals surface area contributed by atoms with E-state index in [0.29, 0.717) is 0 Å². The maximum absolute atomic E-state index is 3.85. The zero-order chi connectivity index (χ0) is 39.1. The van der Waals surface area contributed by atoms with E-state index in [2.05, 4.69) is 241 Å². The fourth-order valence-corrected chi connectivity index (χ4v) is 8.09. The average molecular weight is 748 g/mol. The molecule has 0 aromatic heterocycles. The summed E-state index contributed by atoms with van der Waals surface area (Å²) in [6.45, 7) is 2.36. The smallest absolute Gasteiger partial charge is 0.0470 e. The van der Waals surface area contributed by atoms with Crippen LogP contribution < -0.4 is 16.0 Å². The van der Waals surface area contributed by atoms with Gasteiger partial charge in [-0.2, -0.15) is 0 Å². The molecule has 0 amide bonds. The van der Waals surface area contributed by atoms with Crippen molar-refractivity contribution in [2.24, 2.45) is 5.92 Å². The third kappa shape index (κ3) is 7.98. The summed E-state index contributed by atoms with van der Waals surface area (Å²) in [4.78, 5) is 0. The Bertz CT molecular complexity index is 2700. The molecule has 1 aliphatic rings. The van der Waals surface area contributed by atoms with Crippen LogP contribution in [0.15, 0.2) is 224 Å². The molecule has 0 heterocycles. The zero-order valence-electron chi connectivity index (χ0n) is 32.5. The highest BCUT2D eigenvalue weighted by molar-refractivity contribution is 5.90. The van der Waals surface area contributed by atoms with E-state index in [4.69, 9.17) is 0 Å². The highest BCUT2D eigenvalue weighted by atomic mass is 14.9. The molecule has 0 bridgehead atoms. The summed E-state index contributed by atoms with van der Waals surface area (Å²) < 4.78 is 0. The number of para-hydroxylation sites is 3. The van der Waals surface area contributed by atoms with Gasteiger partial charge in [0.25, 0.3) is 0 Å². The lowest BCUT2D eigenvalue weighted by atomic mass is 9.76. The lowest BCUT2D eigenvalue weighted by Crippen LogP contribution is -2.13. The number of rotatable bonds is 11. The third-order valence-corrected chi connectivity index (χ3v) is 11.1. The molecule has 0 radical (unpaired) electrons. The maximum Gasteiger partial charge on any atom is 0.0470 e. The Morgan fingerprint density at radius 2 is 0.931 bits per heavy atom. The Hall–Kier alpha value is -7.36. The summed E-state index contributed by atoms with van der Waals surface area (Å²) in [6.07, 6.45) is 6.88. The molecule has 8 aromatic rings. The van der Waals surface area contributed by atoms with Crippen molar-refractivity contribution >= 4 is 39.7 Å². The number of anilines is 6. The molecule has 8 aromatic carbocycles. The number of benzene rings is 8. The van der Waals surface area contributed by atoms with Gasteiger partial charge in [0.2, 0.25) is 0 Å². The van der Waals surface area contributed by atoms with Gasteiger partial charge in [-0.25, -0.2) is 0 Å². The van der Waals surface area contributed by atoms with E-state index in [-0.39, 0.29) is 11.8 Å². The van der Waals surface area contributed by atoms with Crippen LogP contribution in [-0.2, 0) is 0 Å². The topological polar surface area (TPSA) is 36.1 Å². The minimum atomic E-state index is 0.171. The summed E-state index contributed by atoms with van der Waals surface area (Å²) in [5.41, 5.74) is 17.1. The summed E-state index contributed by atoms with van der Waals surface area (Å²) in [5, 5.41) is 11.3. The average Bonchev–Trinajstić information content (AvgIpc) is 3.28. The SMILES string of the molecule is CC1C(c2ccccc2Nc2ccccc2)=CC=CC1c1ccc(Nc2cccc(-c3ccccc3)c2)c(-c2ccc(-c3ccccc3)c(Nc3ccccc3)c2)c1. The van der Waals surface area contributed by atoms with Gasteiger partial charge in [0.1, 0.15) is 0 Å². The van der Waals surface area contributed by atoms with E-state index in [1.165, 1.54) is 33.4 Å². The predicted molar refractivity (Wildman–Crippen MR) is 247 cm³/mol. The number of hydrogen-bond donors (Lipinski definition) is 3. The molecule has 2 atom stereocenters. The number of nitrogens with one attached hydrogen (secondary N) is 3. The highest BCUT2D eigenvalue weighted by Crippen LogP contribution is 2.45. The number of hydrogen-bond acceptors (Lipinski definition) is 3. The minimum absolute atomic E-state index is 0.171. The first-order valence-electron chi connectivity index (χ1n) is 20.0. The van der Waals surface area contributed by atoms with Gasteiger partial charge in [-0.05, 0) is 100.0 Å². The molecule has 0 saturated heterocycles. The van der Waals surface area contributed by atoms with Crippen LogP contribution in [0, 0.1) is 5.92 Å². The number of allylic oxidation sites excluding steroid dienone is 4. The molecule has 0 aliphatic heterocycles. The molecular formula is C55H45N3. The minimum Gasteiger partial charge on any atom is -0.355 e. The van der Waals surface area contributed by atoms with Gasteiger partial charge in [0, 0.05) is 56.7 Å². The highest BCUT2D eigenvalue weighted by Gasteiger charge is 2.26. The molecule has 3 N–H and O–H groups in total. The molecule has 3 nitrogen and oxygen atoms in total. The largest absolute Gasteiger partial charge is 0.355 e. The van der Waals surface area contributed by atoms with Crippen molar-refractivity contribution < 1.29 is 0 Å². The fraction of sp³-hybridized carbons (Fsp3) is 0.0545. The first kappa shape index (κ1) is 36.3. The molecule has 1 aliphatic carbocycles. The second-order valence-corrected chi connectivity index (χ2v) is 14.9. The van der Waals surface area contributed by atoms with E-state index >= 15 is 0 Å². The van der Waals surface area contributed by atoms with Crippen molar-refractivity contribution in [2.75, 3.05) is 16.0 Å². The molecule has 280 valence electrons. The third-order valence-electron chi connectivity index (χ3n) is 11.1. The normalized spacial score (nSPS) is 14.7. The van der Waals surface area contributed by atoms with Gasteiger partial charge in [0.05, 0.1) is 0 Å². The van der Waals surface area contributed by atoms with Gasteiger partial charge < -0.3 is 16.0 Å². The van der Waals surface area contributed by atoms with Crippen LogP contribution in [0.1, 0.15) is 24.0 Å². The van der Waals surface area contributed by atoms with Gasteiger partial charge in [-0.1, -0.05) is 171 Å². The Morgan fingerprint density at radius 1 is 0.362 bits per heavy atom. The van der Waals surface area contributed by atoms with Crippen LogP contribution in [-0.4, -0.2) is 0 Å². The predicted octanol–water partition coefficient (Wildman–Crippen LogP) is 15.3. The lowest BCUT2D eigenvalue weighted by Gasteiger charge is -2.29. The van der Waals surface area contributed by atoms with Gasteiger partial charge in [-0.15, -0.1) is 0 Å². The first-order chi connectivity index (χ1) is 28.7. The first-order valence-corrected chi connectivity index (χ1v) is 20.0. The van der Waals surface area contributed by atoms with Gasteiger partial charge >= 0.3 is 0 Å². The van der Waals surface area contributed by atoms with E-state index in [1.807, 2.05) is 6.07 Å². The summed E-state index contributed by atoms with van der Waals surface area (Å²) in [6, 6.07) is 73.1. The van der Waals surface area contributed by atoms with Crippen molar-refractivity contribution in [1.82, 2.24) is 0 Å². The second kappa shape index (κ2) is 16.8. The summed E-state index contributed by atoms with van der Waals surface area (Å²) >= 11 is 0. The van der Waals surface area contributed by atoms with E-state index in [0.717, 1.165) is 50.8 Å². The molecule has 9 rings (SSSR count). The lowest BCUT2D eigenvalue weighted by molar-refractivity contribution is 0.654. The molecule has 2 unspecified atom stereocenters.